The third-order valence-corrected chi connectivity index (χ3v) is 4.65. The minimum absolute atomic E-state index is 0.0642. The molecular formula is C19H20N4O4. The standard InChI is InChI=1S/C19H20N4O4/c1-9-7-12(5-6-13(9)19(26)27)21-15(24)8-14-10(2)16-17(20-11(14)3)23(4)22-18(16)25/h5-7H,8H2,1-4H3,(H,21,24)(H,22,25)(H,26,27). The van der Waals surface area contributed by atoms with Gasteiger partial charge in [0.05, 0.1) is 17.4 Å². The van der Waals surface area contributed by atoms with E-state index in [1.165, 1.54) is 6.07 Å². The number of aromatic nitrogens is 3. The van der Waals surface area contributed by atoms with Crippen LogP contribution in [0.2, 0.25) is 0 Å². The molecule has 8 heteroatoms. The van der Waals surface area contributed by atoms with Crippen molar-refractivity contribution in [1.82, 2.24) is 14.8 Å². The second-order valence-corrected chi connectivity index (χ2v) is 6.56. The van der Waals surface area contributed by atoms with Gasteiger partial charge in [0.15, 0.2) is 5.65 Å². The molecule has 0 saturated carbocycles. The normalized spacial score (nSPS) is 11.0. The van der Waals surface area contributed by atoms with E-state index in [0.717, 1.165) is 5.56 Å². The first-order valence-electron chi connectivity index (χ1n) is 8.37. The van der Waals surface area contributed by atoms with Crippen LogP contribution in [0.4, 0.5) is 5.69 Å². The van der Waals surface area contributed by atoms with E-state index in [0.29, 0.717) is 33.5 Å². The number of hydrogen-bond donors (Lipinski definition) is 3. The van der Waals surface area contributed by atoms with Crippen LogP contribution in [0, 0.1) is 20.8 Å². The first kappa shape index (κ1) is 18.4. The smallest absolute Gasteiger partial charge is 0.335 e. The predicted molar refractivity (Wildman–Crippen MR) is 101 cm³/mol. The quantitative estimate of drug-likeness (QED) is 0.652. The van der Waals surface area contributed by atoms with E-state index >= 15 is 0 Å². The number of carbonyl (C=O) groups excluding carboxylic acids is 1. The molecular weight excluding hydrogens is 348 g/mol. The largest absolute Gasteiger partial charge is 0.478 e. The van der Waals surface area contributed by atoms with Crippen molar-refractivity contribution >= 4 is 28.6 Å². The highest BCUT2D eigenvalue weighted by atomic mass is 16.4. The molecule has 1 amide bonds. The van der Waals surface area contributed by atoms with Crippen LogP contribution in [0.15, 0.2) is 23.0 Å². The lowest BCUT2D eigenvalue weighted by Crippen LogP contribution is -2.17. The number of benzene rings is 1. The Morgan fingerprint density at radius 1 is 1.26 bits per heavy atom. The lowest BCUT2D eigenvalue weighted by atomic mass is 10.0. The molecule has 0 fully saturated rings. The number of amides is 1. The zero-order valence-corrected chi connectivity index (χ0v) is 15.5. The van der Waals surface area contributed by atoms with Gasteiger partial charge in [0.25, 0.3) is 5.56 Å². The van der Waals surface area contributed by atoms with E-state index in [-0.39, 0.29) is 23.5 Å². The summed E-state index contributed by atoms with van der Waals surface area (Å²) in [5, 5.41) is 15.0. The molecule has 0 unspecified atom stereocenters. The molecule has 0 spiro atoms. The molecule has 1 aromatic carbocycles. The average Bonchev–Trinajstić information content (AvgIpc) is 2.85. The van der Waals surface area contributed by atoms with Gasteiger partial charge in [0.1, 0.15) is 0 Å². The van der Waals surface area contributed by atoms with Crippen LogP contribution < -0.4 is 10.9 Å². The Labute approximate surface area is 154 Å². The van der Waals surface area contributed by atoms with E-state index in [2.05, 4.69) is 15.4 Å². The molecule has 2 heterocycles. The van der Waals surface area contributed by atoms with E-state index in [1.807, 2.05) is 0 Å². The van der Waals surface area contributed by atoms with Crippen molar-refractivity contribution < 1.29 is 14.7 Å². The molecule has 8 nitrogen and oxygen atoms in total. The summed E-state index contributed by atoms with van der Waals surface area (Å²) in [5.74, 6) is -1.28. The fraction of sp³-hybridized carbons (Fsp3) is 0.263. The summed E-state index contributed by atoms with van der Waals surface area (Å²) in [5.41, 5.74) is 3.70. The summed E-state index contributed by atoms with van der Waals surface area (Å²) in [6, 6.07) is 4.63. The van der Waals surface area contributed by atoms with Crippen LogP contribution in [-0.2, 0) is 18.3 Å². The summed E-state index contributed by atoms with van der Waals surface area (Å²) in [4.78, 5) is 40.1. The van der Waals surface area contributed by atoms with Crippen molar-refractivity contribution in [3.63, 3.8) is 0 Å². The molecule has 140 valence electrons. The number of hydrogen-bond acceptors (Lipinski definition) is 4. The molecule has 0 aliphatic heterocycles. The number of anilines is 1. The van der Waals surface area contributed by atoms with Crippen molar-refractivity contribution in [2.45, 2.75) is 27.2 Å². The minimum Gasteiger partial charge on any atom is -0.478 e. The Kier molecular flexibility index (Phi) is 4.57. The highest BCUT2D eigenvalue weighted by Gasteiger charge is 2.17. The molecule has 0 saturated heterocycles. The summed E-state index contributed by atoms with van der Waals surface area (Å²) in [7, 11) is 1.71. The Balaban J connectivity index is 1.88. The van der Waals surface area contributed by atoms with Crippen molar-refractivity contribution in [3.05, 3.63) is 56.5 Å². The topological polar surface area (TPSA) is 117 Å². The van der Waals surface area contributed by atoms with Gasteiger partial charge in [-0.1, -0.05) is 0 Å². The number of carbonyl (C=O) groups is 2. The van der Waals surface area contributed by atoms with E-state index < -0.39 is 5.97 Å². The monoisotopic (exact) mass is 368 g/mol. The molecule has 0 bridgehead atoms. The summed E-state index contributed by atoms with van der Waals surface area (Å²) in [6.07, 6.45) is 0.0642. The molecule has 3 N–H and O–H groups in total. The molecule has 0 aliphatic carbocycles. The summed E-state index contributed by atoms with van der Waals surface area (Å²) >= 11 is 0. The number of aryl methyl sites for hydroxylation is 4. The van der Waals surface area contributed by atoms with Crippen molar-refractivity contribution in [2.75, 3.05) is 5.32 Å². The molecule has 2 aromatic heterocycles. The number of nitrogens with one attached hydrogen (secondary N) is 2. The van der Waals surface area contributed by atoms with Crippen molar-refractivity contribution in [2.24, 2.45) is 7.05 Å². The van der Waals surface area contributed by atoms with Crippen LogP contribution >= 0.6 is 0 Å². The van der Waals surface area contributed by atoms with Crippen LogP contribution in [0.1, 0.15) is 32.7 Å². The van der Waals surface area contributed by atoms with Gasteiger partial charge in [-0.05, 0) is 55.7 Å². The predicted octanol–water partition coefficient (Wildman–Crippen LogP) is 2.07. The number of nitrogens with zero attached hydrogens (tertiary/aromatic N) is 2. The molecule has 0 radical (unpaired) electrons. The zero-order valence-electron chi connectivity index (χ0n) is 15.5. The van der Waals surface area contributed by atoms with Gasteiger partial charge < -0.3 is 10.4 Å². The molecule has 0 atom stereocenters. The second kappa shape index (κ2) is 6.71. The third-order valence-electron chi connectivity index (χ3n) is 4.65. The van der Waals surface area contributed by atoms with Gasteiger partial charge in [0.2, 0.25) is 5.91 Å². The van der Waals surface area contributed by atoms with Gasteiger partial charge >= 0.3 is 5.97 Å². The number of carboxylic acid groups (broad SMARTS) is 1. The molecule has 3 aromatic rings. The van der Waals surface area contributed by atoms with E-state index in [1.54, 1.807) is 44.6 Å². The third kappa shape index (κ3) is 3.33. The van der Waals surface area contributed by atoms with Crippen molar-refractivity contribution in [3.8, 4) is 0 Å². The first-order valence-corrected chi connectivity index (χ1v) is 8.37. The number of H-pyrrole nitrogens is 1. The molecule has 27 heavy (non-hydrogen) atoms. The summed E-state index contributed by atoms with van der Waals surface area (Å²) in [6.45, 7) is 5.28. The first-order chi connectivity index (χ1) is 12.7. The van der Waals surface area contributed by atoms with Crippen LogP contribution in [0.25, 0.3) is 11.0 Å². The molecule has 0 aliphatic rings. The minimum atomic E-state index is -1.01. The lowest BCUT2D eigenvalue weighted by Gasteiger charge is -2.12. The Morgan fingerprint density at radius 3 is 2.59 bits per heavy atom. The Hall–Kier alpha value is -3.42. The van der Waals surface area contributed by atoms with E-state index in [4.69, 9.17) is 5.11 Å². The average molecular weight is 368 g/mol. The second-order valence-electron chi connectivity index (χ2n) is 6.56. The van der Waals surface area contributed by atoms with Crippen LogP contribution in [0.5, 0.6) is 0 Å². The van der Waals surface area contributed by atoms with Gasteiger partial charge in [-0.2, -0.15) is 0 Å². The fourth-order valence-corrected chi connectivity index (χ4v) is 3.26. The van der Waals surface area contributed by atoms with Crippen LogP contribution in [-0.4, -0.2) is 31.7 Å². The number of aromatic amines is 1. The fourth-order valence-electron chi connectivity index (χ4n) is 3.26. The highest BCUT2D eigenvalue weighted by molar-refractivity contribution is 5.95. The van der Waals surface area contributed by atoms with E-state index in [9.17, 15) is 14.4 Å². The highest BCUT2D eigenvalue weighted by Crippen LogP contribution is 2.21. The number of pyridine rings is 1. The number of carboxylic acids is 1. The molecule has 3 rings (SSSR count). The number of aromatic carboxylic acids is 1. The maximum absolute atomic E-state index is 12.5. The Bertz CT molecular complexity index is 1140. The zero-order chi connectivity index (χ0) is 19.9. The van der Waals surface area contributed by atoms with Gasteiger partial charge in [0, 0.05) is 18.4 Å². The SMILES string of the molecule is Cc1cc(NC(=O)Cc2c(C)nc3c(c2C)c(=O)[nH]n3C)ccc1C(=O)O. The number of fused-ring (bicyclic) bond motifs is 1. The van der Waals surface area contributed by atoms with Crippen molar-refractivity contribution in [1.29, 1.82) is 0 Å². The van der Waals surface area contributed by atoms with Gasteiger partial charge in [-0.15, -0.1) is 0 Å². The number of rotatable bonds is 4. The lowest BCUT2D eigenvalue weighted by molar-refractivity contribution is -0.115. The maximum Gasteiger partial charge on any atom is 0.335 e. The Morgan fingerprint density at radius 2 is 1.96 bits per heavy atom. The van der Waals surface area contributed by atoms with Gasteiger partial charge in [-0.3, -0.25) is 19.4 Å². The summed E-state index contributed by atoms with van der Waals surface area (Å²) < 4.78 is 1.56. The van der Waals surface area contributed by atoms with Gasteiger partial charge in [-0.25, -0.2) is 9.78 Å². The van der Waals surface area contributed by atoms with Crippen LogP contribution in [0.3, 0.4) is 0 Å². The maximum atomic E-state index is 12.5.